The maximum Gasteiger partial charge on any atom is 0.243 e. The largest absolute Gasteiger partial charge is 0.350 e. The first-order valence-corrected chi connectivity index (χ1v) is 6.14. The van der Waals surface area contributed by atoms with Crippen LogP contribution in [0.1, 0.15) is 39.5 Å². The van der Waals surface area contributed by atoms with Crippen molar-refractivity contribution in [2.24, 2.45) is 17.8 Å². The van der Waals surface area contributed by atoms with Crippen molar-refractivity contribution < 1.29 is 4.79 Å². The molecule has 0 spiro atoms. The summed E-state index contributed by atoms with van der Waals surface area (Å²) in [6.45, 7) is 4.04. The highest BCUT2D eigenvalue weighted by Gasteiger charge is 2.41. The molecular formula is C13H21NO. The summed E-state index contributed by atoms with van der Waals surface area (Å²) in [5.41, 5.74) is 0. The monoisotopic (exact) mass is 207 g/mol. The Bertz CT molecular complexity index is 272. The summed E-state index contributed by atoms with van der Waals surface area (Å²) >= 11 is 0. The maximum absolute atomic E-state index is 11.4. The molecule has 0 aromatic carbocycles. The molecule has 15 heavy (non-hydrogen) atoms. The first kappa shape index (κ1) is 10.7. The number of carbonyl (C=O) groups is 1. The molecular weight excluding hydrogens is 186 g/mol. The van der Waals surface area contributed by atoms with E-state index in [0.717, 1.165) is 17.8 Å². The second kappa shape index (κ2) is 4.38. The van der Waals surface area contributed by atoms with Crippen molar-refractivity contribution in [3.05, 3.63) is 12.2 Å². The van der Waals surface area contributed by atoms with Crippen LogP contribution in [0.3, 0.4) is 0 Å². The first-order chi connectivity index (χ1) is 7.20. The van der Waals surface area contributed by atoms with Gasteiger partial charge in [0, 0.05) is 6.04 Å². The molecule has 0 aliphatic heterocycles. The average molecular weight is 207 g/mol. The Hall–Kier alpha value is -0.790. The second-order valence-corrected chi connectivity index (χ2v) is 5.14. The molecule has 2 heteroatoms. The lowest BCUT2D eigenvalue weighted by Crippen LogP contribution is -2.39. The Morgan fingerprint density at radius 1 is 1.40 bits per heavy atom. The van der Waals surface area contributed by atoms with Gasteiger partial charge in [0.2, 0.25) is 5.91 Å². The zero-order chi connectivity index (χ0) is 10.8. The van der Waals surface area contributed by atoms with Crippen molar-refractivity contribution in [3.63, 3.8) is 0 Å². The topological polar surface area (TPSA) is 29.1 Å². The molecule has 2 rings (SSSR count). The Morgan fingerprint density at radius 3 is 2.73 bits per heavy atom. The minimum Gasteiger partial charge on any atom is -0.350 e. The average Bonchev–Trinajstić information content (AvgIpc) is 2.78. The van der Waals surface area contributed by atoms with Crippen molar-refractivity contribution in [3.8, 4) is 0 Å². The van der Waals surface area contributed by atoms with Gasteiger partial charge >= 0.3 is 0 Å². The summed E-state index contributed by atoms with van der Waals surface area (Å²) in [6.07, 6.45) is 8.97. The molecule has 0 heterocycles. The normalized spacial score (nSPS) is 36.0. The van der Waals surface area contributed by atoms with Crippen LogP contribution in [-0.2, 0) is 4.79 Å². The standard InChI is InChI=1S/C13H21NO/c1-3-4-13(15)14-9(2)12-8-10-5-6-11(12)7-10/h3-4,9-12H,5-8H2,1-2H3,(H,14,15)/b4-3+. The fraction of sp³-hybridized carbons (Fsp3) is 0.769. The van der Waals surface area contributed by atoms with E-state index < -0.39 is 0 Å². The number of allylic oxidation sites excluding steroid dienone is 1. The lowest BCUT2D eigenvalue weighted by atomic mass is 9.84. The van der Waals surface area contributed by atoms with E-state index in [-0.39, 0.29) is 5.91 Å². The molecule has 0 radical (unpaired) electrons. The third-order valence-corrected chi connectivity index (χ3v) is 4.12. The van der Waals surface area contributed by atoms with E-state index in [1.165, 1.54) is 25.7 Å². The Labute approximate surface area is 92.1 Å². The van der Waals surface area contributed by atoms with Crippen LogP contribution in [0.15, 0.2) is 12.2 Å². The Kier molecular flexibility index (Phi) is 3.13. The predicted molar refractivity (Wildman–Crippen MR) is 61.4 cm³/mol. The van der Waals surface area contributed by atoms with Crippen LogP contribution < -0.4 is 5.32 Å². The number of rotatable bonds is 3. The minimum absolute atomic E-state index is 0.0628. The van der Waals surface area contributed by atoms with Crippen LogP contribution >= 0.6 is 0 Å². The summed E-state index contributed by atoms with van der Waals surface area (Å²) in [5.74, 6) is 2.64. The zero-order valence-electron chi connectivity index (χ0n) is 9.70. The molecule has 0 saturated heterocycles. The lowest BCUT2D eigenvalue weighted by molar-refractivity contribution is -0.117. The molecule has 84 valence electrons. The highest BCUT2D eigenvalue weighted by Crippen LogP contribution is 2.49. The van der Waals surface area contributed by atoms with Gasteiger partial charge in [-0.1, -0.05) is 12.5 Å². The van der Waals surface area contributed by atoms with Gasteiger partial charge in [-0.15, -0.1) is 0 Å². The fourth-order valence-corrected chi connectivity index (χ4v) is 3.44. The molecule has 0 aromatic heterocycles. The quantitative estimate of drug-likeness (QED) is 0.708. The van der Waals surface area contributed by atoms with Crippen LogP contribution in [0.4, 0.5) is 0 Å². The summed E-state index contributed by atoms with van der Waals surface area (Å²) in [4.78, 5) is 11.4. The number of fused-ring (bicyclic) bond motifs is 2. The van der Waals surface area contributed by atoms with Crippen LogP contribution in [0.2, 0.25) is 0 Å². The number of hydrogen-bond donors (Lipinski definition) is 1. The second-order valence-electron chi connectivity index (χ2n) is 5.14. The zero-order valence-corrected chi connectivity index (χ0v) is 9.70. The third kappa shape index (κ3) is 2.24. The van der Waals surface area contributed by atoms with E-state index in [0.29, 0.717) is 6.04 Å². The molecule has 4 unspecified atom stereocenters. The molecule has 1 N–H and O–H groups in total. The van der Waals surface area contributed by atoms with Gasteiger partial charge in [0.25, 0.3) is 0 Å². The van der Waals surface area contributed by atoms with Gasteiger partial charge in [-0.25, -0.2) is 0 Å². The van der Waals surface area contributed by atoms with E-state index in [9.17, 15) is 4.79 Å². The molecule has 0 aromatic rings. The predicted octanol–water partition coefficient (Wildman–Crippen LogP) is 2.50. The number of hydrogen-bond acceptors (Lipinski definition) is 1. The van der Waals surface area contributed by atoms with Crippen LogP contribution in [-0.4, -0.2) is 11.9 Å². The summed E-state index contributed by atoms with van der Waals surface area (Å²) < 4.78 is 0. The van der Waals surface area contributed by atoms with E-state index in [2.05, 4.69) is 12.2 Å². The Morgan fingerprint density at radius 2 is 2.20 bits per heavy atom. The molecule has 2 nitrogen and oxygen atoms in total. The summed E-state index contributed by atoms with van der Waals surface area (Å²) in [6, 6.07) is 0.351. The van der Waals surface area contributed by atoms with Crippen molar-refractivity contribution in [2.45, 2.75) is 45.6 Å². The van der Waals surface area contributed by atoms with Gasteiger partial charge < -0.3 is 5.32 Å². The lowest BCUT2D eigenvalue weighted by Gasteiger charge is -2.28. The highest BCUT2D eigenvalue weighted by atomic mass is 16.1. The van der Waals surface area contributed by atoms with Gasteiger partial charge in [-0.3, -0.25) is 4.79 Å². The number of amides is 1. The summed E-state index contributed by atoms with van der Waals surface area (Å²) in [5, 5.41) is 3.08. The van der Waals surface area contributed by atoms with Gasteiger partial charge in [-0.05, 0) is 56.9 Å². The van der Waals surface area contributed by atoms with Crippen molar-refractivity contribution in [1.82, 2.24) is 5.32 Å². The maximum atomic E-state index is 11.4. The molecule has 2 saturated carbocycles. The minimum atomic E-state index is 0.0628. The number of nitrogens with one attached hydrogen (secondary N) is 1. The van der Waals surface area contributed by atoms with E-state index >= 15 is 0 Å². The molecule has 1 amide bonds. The van der Waals surface area contributed by atoms with Gasteiger partial charge in [-0.2, -0.15) is 0 Å². The van der Waals surface area contributed by atoms with Gasteiger partial charge in [0.1, 0.15) is 0 Å². The van der Waals surface area contributed by atoms with Crippen molar-refractivity contribution >= 4 is 5.91 Å². The third-order valence-electron chi connectivity index (χ3n) is 4.12. The van der Waals surface area contributed by atoms with Crippen molar-refractivity contribution in [2.75, 3.05) is 0 Å². The van der Waals surface area contributed by atoms with Gasteiger partial charge in [0.05, 0.1) is 0 Å². The molecule has 2 aliphatic rings. The van der Waals surface area contributed by atoms with Crippen molar-refractivity contribution in [1.29, 1.82) is 0 Å². The number of carbonyl (C=O) groups excluding carboxylic acids is 1. The fourth-order valence-electron chi connectivity index (χ4n) is 3.44. The van der Waals surface area contributed by atoms with E-state index in [1.54, 1.807) is 12.2 Å². The first-order valence-electron chi connectivity index (χ1n) is 6.14. The van der Waals surface area contributed by atoms with Crippen LogP contribution in [0, 0.1) is 17.8 Å². The molecule has 2 aliphatic carbocycles. The highest BCUT2D eigenvalue weighted by molar-refractivity contribution is 5.87. The van der Waals surface area contributed by atoms with Crippen LogP contribution in [0.25, 0.3) is 0 Å². The smallest absolute Gasteiger partial charge is 0.243 e. The SMILES string of the molecule is C/C=C/C(=O)NC(C)C1CC2CCC1C2. The molecule has 2 fully saturated rings. The summed E-state index contributed by atoms with van der Waals surface area (Å²) in [7, 11) is 0. The molecule has 2 bridgehead atoms. The van der Waals surface area contributed by atoms with E-state index in [4.69, 9.17) is 0 Å². The molecule has 4 atom stereocenters. The Balaban J connectivity index is 1.86. The van der Waals surface area contributed by atoms with Gasteiger partial charge in [0.15, 0.2) is 0 Å². The van der Waals surface area contributed by atoms with E-state index in [1.807, 2.05) is 6.92 Å². The van der Waals surface area contributed by atoms with Crippen LogP contribution in [0.5, 0.6) is 0 Å².